The molecular weight excluding hydrogens is 339 g/mol. The Labute approximate surface area is 149 Å². The summed E-state index contributed by atoms with van der Waals surface area (Å²) < 4.78 is 23.3. The summed E-state index contributed by atoms with van der Waals surface area (Å²) in [4.78, 5) is 20.2. The normalized spacial score (nSPS) is 10.5. The SMILES string of the molecule is O=C(CCc1nc(-c2ccccn2)no1)NCCOc1ccc(F)cc1. The van der Waals surface area contributed by atoms with E-state index in [-0.39, 0.29) is 18.1 Å². The van der Waals surface area contributed by atoms with Gasteiger partial charge in [-0.05, 0) is 36.4 Å². The van der Waals surface area contributed by atoms with Crippen molar-refractivity contribution in [1.82, 2.24) is 20.4 Å². The summed E-state index contributed by atoms with van der Waals surface area (Å²) in [6.45, 7) is 0.640. The predicted molar refractivity (Wildman–Crippen MR) is 90.8 cm³/mol. The number of nitrogens with zero attached hydrogens (tertiary/aromatic N) is 3. The van der Waals surface area contributed by atoms with E-state index >= 15 is 0 Å². The molecular formula is C18H17FN4O3. The molecule has 1 amide bonds. The van der Waals surface area contributed by atoms with Crippen molar-refractivity contribution in [2.75, 3.05) is 13.2 Å². The molecule has 1 aromatic carbocycles. The van der Waals surface area contributed by atoms with Crippen LogP contribution in [0, 0.1) is 5.82 Å². The van der Waals surface area contributed by atoms with Crippen LogP contribution in [-0.4, -0.2) is 34.2 Å². The van der Waals surface area contributed by atoms with Crippen LogP contribution in [0.5, 0.6) is 5.75 Å². The number of nitrogens with one attached hydrogen (secondary N) is 1. The van der Waals surface area contributed by atoms with Crippen molar-refractivity contribution in [3.8, 4) is 17.3 Å². The number of ether oxygens (including phenoxy) is 1. The summed E-state index contributed by atoms with van der Waals surface area (Å²) in [6, 6.07) is 11.1. The van der Waals surface area contributed by atoms with E-state index in [1.807, 2.05) is 6.07 Å². The Morgan fingerprint density at radius 2 is 2.04 bits per heavy atom. The zero-order valence-electron chi connectivity index (χ0n) is 13.9. The van der Waals surface area contributed by atoms with Crippen molar-refractivity contribution in [3.05, 3.63) is 60.4 Å². The van der Waals surface area contributed by atoms with Crippen LogP contribution in [-0.2, 0) is 11.2 Å². The highest BCUT2D eigenvalue weighted by molar-refractivity contribution is 5.76. The van der Waals surface area contributed by atoms with Gasteiger partial charge in [0.1, 0.15) is 23.9 Å². The monoisotopic (exact) mass is 356 g/mol. The Morgan fingerprint density at radius 3 is 2.81 bits per heavy atom. The van der Waals surface area contributed by atoms with Gasteiger partial charge in [0.2, 0.25) is 17.6 Å². The van der Waals surface area contributed by atoms with Crippen molar-refractivity contribution >= 4 is 5.91 Å². The molecule has 0 saturated heterocycles. The van der Waals surface area contributed by atoms with Gasteiger partial charge in [-0.1, -0.05) is 11.2 Å². The molecule has 0 aliphatic carbocycles. The number of carbonyl (C=O) groups is 1. The zero-order valence-corrected chi connectivity index (χ0v) is 13.9. The number of hydrogen-bond donors (Lipinski definition) is 1. The molecule has 0 radical (unpaired) electrons. The van der Waals surface area contributed by atoms with E-state index in [0.29, 0.717) is 42.7 Å². The third kappa shape index (κ3) is 5.10. The fourth-order valence-corrected chi connectivity index (χ4v) is 2.15. The van der Waals surface area contributed by atoms with Crippen LogP contribution in [0.2, 0.25) is 0 Å². The van der Waals surface area contributed by atoms with Gasteiger partial charge in [-0.3, -0.25) is 9.78 Å². The van der Waals surface area contributed by atoms with Crippen molar-refractivity contribution in [1.29, 1.82) is 0 Å². The van der Waals surface area contributed by atoms with Gasteiger partial charge in [-0.2, -0.15) is 4.98 Å². The number of rotatable bonds is 8. The number of aryl methyl sites for hydroxylation is 1. The molecule has 134 valence electrons. The van der Waals surface area contributed by atoms with Gasteiger partial charge in [0.05, 0.1) is 6.54 Å². The summed E-state index contributed by atoms with van der Waals surface area (Å²) in [5.41, 5.74) is 0.616. The fourth-order valence-electron chi connectivity index (χ4n) is 2.15. The van der Waals surface area contributed by atoms with Gasteiger partial charge in [0.25, 0.3) is 0 Å². The molecule has 7 nitrogen and oxygen atoms in total. The smallest absolute Gasteiger partial charge is 0.227 e. The zero-order chi connectivity index (χ0) is 18.2. The molecule has 0 aliphatic rings. The Hall–Kier alpha value is -3.29. The van der Waals surface area contributed by atoms with E-state index in [2.05, 4.69) is 20.4 Å². The summed E-state index contributed by atoms with van der Waals surface area (Å²) in [5.74, 6) is 0.855. The average Bonchev–Trinajstić information content (AvgIpc) is 3.15. The van der Waals surface area contributed by atoms with Crippen LogP contribution < -0.4 is 10.1 Å². The molecule has 3 rings (SSSR count). The number of halogens is 1. The van der Waals surface area contributed by atoms with E-state index in [1.165, 1.54) is 24.3 Å². The molecule has 0 aliphatic heterocycles. The molecule has 2 heterocycles. The van der Waals surface area contributed by atoms with Gasteiger partial charge in [-0.15, -0.1) is 0 Å². The number of aromatic nitrogens is 3. The van der Waals surface area contributed by atoms with E-state index in [4.69, 9.17) is 9.26 Å². The lowest BCUT2D eigenvalue weighted by atomic mass is 10.3. The predicted octanol–water partition coefficient (Wildman–Crippen LogP) is 2.40. The molecule has 1 N–H and O–H groups in total. The topological polar surface area (TPSA) is 90.1 Å². The molecule has 0 bridgehead atoms. The van der Waals surface area contributed by atoms with Crippen molar-refractivity contribution in [3.63, 3.8) is 0 Å². The van der Waals surface area contributed by atoms with Gasteiger partial charge < -0.3 is 14.6 Å². The first kappa shape index (κ1) is 17.5. The number of benzene rings is 1. The molecule has 8 heteroatoms. The van der Waals surface area contributed by atoms with Crippen molar-refractivity contribution in [2.24, 2.45) is 0 Å². The Morgan fingerprint density at radius 1 is 1.19 bits per heavy atom. The maximum atomic E-state index is 12.8. The lowest BCUT2D eigenvalue weighted by Gasteiger charge is -2.07. The van der Waals surface area contributed by atoms with Crippen molar-refractivity contribution in [2.45, 2.75) is 12.8 Å². The molecule has 3 aromatic rings. The number of hydrogen-bond acceptors (Lipinski definition) is 6. The summed E-state index contributed by atoms with van der Waals surface area (Å²) >= 11 is 0. The van der Waals surface area contributed by atoms with Crippen LogP contribution in [0.15, 0.2) is 53.2 Å². The second-order valence-electron chi connectivity index (χ2n) is 5.38. The van der Waals surface area contributed by atoms with Crippen LogP contribution in [0.1, 0.15) is 12.3 Å². The quantitative estimate of drug-likeness (QED) is 0.623. The lowest BCUT2D eigenvalue weighted by molar-refractivity contribution is -0.121. The maximum absolute atomic E-state index is 12.8. The van der Waals surface area contributed by atoms with E-state index in [0.717, 1.165) is 0 Å². The molecule has 2 aromatic heterocycles. The molecule has 0 saturated carbocycles. The first-order valence-electron chi connectivity index (χ1n) is 8.10. The largest absolute Gasteiger partial charge is 0.492 e. The maximum Gasteiger partial charge on any atom is 0.227 e. The molecule has 26 heavy (non-hydrogen) atoms. The van der Waals surface area contributed by atoms with Crippen molar-refractivity contribution < 1.29 is 18.4 Å². The van der Waals surface area contributed by atoms with Gasteiger partial charge in [0, 0.05) is 19.0 Å². The second-order valence-corrected chi connectivity index (χ2v) is 5.38. The minimum Gasteiger partial charge on any atom is -0.492 e. The van der Waals surface area contributed by atoms with Gasteiger partial charge in [0.15, 0.2) is 0 Å². The number of amides is 1. The highest BCUT2D eigenvalue weighted by Crippen LogP contribution is 2.13. The standard InChI is InChI=1S/C18H17FN4O3/c19-13-4-6-14(7-5-13)25-12-11-21-16(24)8-9-17-22-18(23-26-17)15-3-1-2-10-20-15/h1-7,10H,8-9,11-12H2,(H,21,24). The van der Waals surface area contributed by atoms with E-state index in [1.54, 1.807) is 18.3 Å². The Bertz CT molecular complexity index is 837. The van der Waals surface area contributed by atoms with Gasteiger partial charge in [-0.25, -0.2) is 4.39 Å². The van der Waals surface area contributed by atoms with Crippen LogP contribution in [0.3, 0.4) is 0 Å². The third-order valence-corrected chi connectivity index (χ3v) is 3.43. The van der Waals surface area contributed by atoms with E-state index in [9.17, 15) is 9.18 Å². The highest BCUT2D eigenvalue weighted by atomic mass is 19.1. The Kier molecular flexibility index (Phi) is 5.87. The first-order valence-corrected chi connectivity index (χ1v) is 8.10. The molecule has 0 spiro atoms. The van der Waals surface area contributed by atoms with Crippen LogP contribution in [0.4, 0.5) is 4.39 Å². The lowest BCUT2D eigenvalue weighted by Crippen LogP contribution is -2.28. The fraction of sp³-hybridized carbons (Fsp3) is 0.222. The summed E-state index contributed by atoms with van der Waals surface area (Å²) in [6.07, 6.45) is 2.21. The summed E-state index contributed by atoms with van der Waals surface area (Å²) in [5, 5.41) is 6.59. The minimum atomic E-state index is -0.321. The first-order chi connectivity index (χ1) is 12.7. The minimum absolute atomic E-state index is 0.148. The molecule has 0 atom stereocenters. The van der Waals surface area contributed by atoms with Crippen LogP contribution >= 0.6 is 0 Å². The highest BCUT2D eigenvalue weighted by Gasteiger charge is 2.11. The Balaban J connectivity index is 1.36. The van der Waals surface area contributed by atoms with Gasteiger partial charge >= 0.3 is 0 Å². The number of carbonyl (C=O) groups excluding carboxylic acids is 1. The van der Waals surface area contributed by atoms with E-state index < -0.39 is 0 Å². The molecule has 0 unspecified atom stereocenters. The number of pyridine rings is 1. The third-order valence-electron chi connectivity index (χ3n) is 3.43. The second kappa shape index (κ2) is 8.70. The summed E-state index contributed by atoms with van der Waals surface area (Å²) in [7, 11) is 0. The average molecular weight is 356 g/mol. The van der Waals surface area contributed by atoms with Crippen LogP contribution in [0.25, 0.3) is 11.5 Å². The molecule has 0 fully saturated rings.